The number of carbonyl (C=O) groups is 1. The van der Waals surface area contributed by atoms with Gasteiger partial charge >= 0.3 is 0 Å². The molecule has 3 N–H and O–H groups in total. The first-order valence-electron chi connectivity index (χ1n) is 7.67. The number of hydrogen-bond donors (Lipinski definition) is 3. The average molecular weight is 449 g/mol. The van der Waals surface area contributed by atoms with Crippen molar-refractivity contribution in [3.05, 3.63) is 23.9 Å². The molecule has 0 saturated carbocycles. The fraction of sp³-hybridized carbons (Fsp3) is 0.562. The molecule has 136 valence electrons. The van der Waals surface area contributed by atoms with E-state index in [2.05, 4.69) is 25.9 Å². The largest absolute Gasteiger partial charge is 0.478 e. The monoisotopic (exact) mass is 449 g/mol. The first-order chi connectivity index (χ1) is 10.8. The van der Waals surface area contributed by atoms with Gasteiger partial charge in [-0.3, -0.25) is 9.79 Å². The number of aromatic nitrogens is 1. The lowest BCUT2D eigenvalue weighted by Crippen LogP contribution is -2.48. The quantitative estimate of drug-likeness (QED) is 0.350. The van der Waals surface area contributed by atoms with E-state index >= 15 is 0 Å². The zero-order valence-corrected chi connectivity index (χ0v) is 17.3. The molecule has 1 aromatic rings. The second kappa shape index (κ2) is 11.1. The molecule has 24 heavy (non-hydrogen) atoms. The summed E-state index contributed by atoms with van der Waals surface area (Å²) >= 11 is 0. The molecule has 1 heterocycles. The van der Waals surface area contributed by atoms with Crippen molar-refractivity contribution in [2.75, 3.05) is 20.2 Å². The standard InChI is InChI=1S/C16H27N5O2.HI/c1-6-23-14-9-12(7-8-18-14)10-19-15(17-5)20-11-13(22)21-16(2,3)4;/h7-9H,6,10-11H2,1-5H3,(H,21,22)(H2,17,19,20);1H. The number of ether oxygens (including phenoxy) is 1. The van der Waals surface area contributed by atoms with E-state index in [0.717, 1.165) is 5.56 Å². The molecule has 0 radical (unpaired) electrons. The lowest BCUT2D eigenvalue weighted by Gasteiger charge is -2.21. The summed E-state index contributed by atoms with van der Waals surface area (Å²) in [5.74, 6) is 1.08. The van der Waals surface area contributed by atoms with Crippen molar-refractivity contribution in [1.82, 2.24) is 20.9 Å². The molecule has 0 aliphatic heterocycles. The van der Waals surface area contributed by atoms with Gasteiger partial charge in [-0.1, -0.05) is 0 Å². The minimum Gasteiger partial charge on any atom is -0.478 e. The highest BCUT2D eigenvalue weighted by Crippen LogP contribution is 2.08. The minimum absolute atomic E-state index is 0. The second-order valence-electron chi connectivity index (χ2n) is 6.01. The predicted octanol–water partition coefficient (Wildman–Crippen LogP) is 1.68. The van der Waals surface area contributed by atoms with Gasteiger partial charge in [0.2, 0.25) is 11.8 Å². The Bertz CT molecular complexity index is 544. The molecule has 7 nitrogen and oxygen atoms in total. The van der Waals surface area contributed by atoms with Crippen LogP contribution in [0.3, 0.4) is 0 Å². The average Bonchev–Trinajstić information content (AvgIpc) is 2.46. The molecule has 1 aromatic heterocycles. The van der Waals surface area contributed by atoms with E-state index < -0.39 is 0 Å². The molecule has 0 saturated heterocycles. The van der Waals surface area contributed by atoms with Crippen LogP contribution in [0.5, 0.6) is 5.88 Å². The number of pyridine rings is 1. The number of nitrogens with zero attached hydrogens (tertiary/aromatic N) is 2. The number of carbonyl (C=O) groups excluding carboxylic acids is 1. The van der Waals surface area contributed by atoms with Gasteiger partial charge in [0.05, 0.1) is 13.2 Å². The Hall–Kier alpha value is -1.58. The van der Waals surface area contributed by atoms with Gasteiger partial charge < -0.3 is 20.7 Å². The van der Waals surface area contributed by atoms with E-state index in [-0.39, 0.29) is 42.0 Å². The molecular weight excluding hydrogens is 421 g/mol. The summed E-state index contributed by atoms with van der Waals surface area (Å²) in [5, 5.41) is 9.02. The lowest BCUT2D eigenvalue weighted by molar-refractivity contribution is -0.121. The minimum atomic E-state index is -0.248. The van der Waals surface area contributed by atoms with Gasteiger partial charge in [0, 0.05) is 31.4 Å². The van der Waals surface area contributed by atoms with Gasteiger partial charge in [-0.2, -0.15) is 0 Å². The van der Waals surface area contributed by atoms with E-state index in [9.17, 15) is 4.79 Å². The third-order valence-electron chi connectivity index (χ3n) is 2.71. The first-order valence-corrected chi connectivity index (χ1v) is 7.67. The van der Waals surface area contributed by atoms with Gasteiger partial charge in [-0.25, -0.2) is 4.98 Å². The summed E-state index contributed by atoms with van der Waals surface area (Å²) in [4.78, 5) is 20.0. The van der Waals surface area contributed by atoms with Crippen molar-refractivity contribution in [2.45, 2.75) is 39.8 Å². The smallest absolute Gasteiger partial charge is 0.239 e. The topological polar surface area (TPSA) is 87.6 Å². The van der Waals surface area contributed by atoms with E-state index in [4.69, 9.17) is 4.74 Å². The predicted molar refractivity (Wildman–Crippen MR) is 107 cm³/mol. The van der Waals surface area contributed by atoms with Crippen LogP contribution in [0.4, 0.5) is 0 Å². The summed E-state index contributed by atoms with van der Waals surface area (Å²) in [6.07, 6.45) is 1.70. The lowest BCUT2D eigenvalue weighted by atomic mass is 10.1. The number of guanidine groups is 1. The summed E-state index contributed by atoms with van der Waals surface area (Å²) in [5.41, 5.74) is 0.771. The summed E-state index contributed by atoms with van der Waals surface area (Å²) in [6.45, 7) is 9.05. The molecule has 0 atom stereocenters. The Kier molecular flexibility index (Phi) is 10.3. The fourth-order valence-corrected chi connectivity index (χ4v) is 1.82. The Labute approximate surface area is 161 Å². The molecule has 1 amide bonds. The molecular formula is C16H28IN5O2. The Morgan fingerprint density at radius 2 is 2.04 bits per heavy atom. The number of hydrogen-bond acceptors (Lipinski definition) is 4. The maximum Gasteiger partial charge on any atom is 0.239 e. The van der Waals surface area contributed by atoms with Gasteiger partial charge in [-0.15, -0.1) is 24.0 Å². The molecule has 0 bridgehead atoms. The maximum atomic E-state index is 11.8. The second-order valence-corrected chi connectivity index (χ2v) is 6.01. The van der Waals surface area contributed by atoms with Gasteiger partial charge in [-0.05, 0) is 39.3 Å². The number of nitrogens with one attached hydrogen (secondary N) is 3. The van der Waals surface area contributed by atoms with Crippen LogP contribution in [0.1, 0.15) is 33.3 Å². The van der Waals surface area contributed by atoms with Crippen LogP contribution in [-0.4, -0.2) is 42.6 Å². The Morgan fingerprint density at radius 1 is 1.33 bits per heavy atom. The molecule has 0 unspecified atom stereocenters. The molecule has 0 fully saturated rings. The number of rotatable bonds is 6. The third-order valence-corrected chi connectivity index (χ3v) is 2.71. The van der Waals surface area contributed by atoms with Gasteiger partial charge in [0.1, 0.15) is 0 Å². The Morgan fingerprint density at radius 3 is 2.62 bits per heavy atom. The first kappa shape index (κ1) is 22.4. The molecule has 0 spiro atoms. The van der Waals surface area contributed by atoms with Crippen molar-refractivity contribution in [2.24, 2.45) is 4.99 Å². The van der Waals surface area contributed by atoms with Crippen LogP contribution in [0.25, 0.3) is 0 Å². The van der Waals surface area contributed by atoms with E-state index in [1.165, 1.54) is 0 Å². The van der Waals surface area contributed by atoms with Crippen molar-refractivity contribution >= 4 is 35.8 Å². The fourth-order valence-electron chi connectivity index (χ4n) is 1.82. The zero-order valence-electron chi connectivity index (χ0n) is 15.0. The van der Waals surface area contributed by atoms with Crippen LogP contribution < -0.4 is 20.7 Å². The van der Waals surface area contributed by atoms with E-state index in [1.54, 1.807) is 13.2 Å². The van der Waals surface area contributed by atoms with Crippen molar-refractivity contribution in [3.8, 4) is 5.88 Å². The van der Waals surface area contributed by atoms with Crippen LogP contribution >= 0.6 is 24.0 Å². The number of halogens is 1. The highest BCUT2D eigenvalue weighted by molar-refractivity contribution is 14.0. The maximum absolute atomic E-state index is 11.8. The molecule has 8 heteroatoms. The summed E-state index contributed by atoms with van der Waals surface area (Å²) < 4.78 is 5.37. The van der Waals surface area contributed by atoms with Crippen molar-refractivity contribution in [1.29, 1.82) is 0 Å². The van der Waals surface area contributed by atoms with Crippen LogP contribution in [-0.2, 0) is 11.3 Å². The van der Waals surface area contributed by atoms with Crippen molar-refractivity contribution < 1.29 is 9.53 Å². The van der Waals surface area contributed by atoms with Gasteiger partial charge in [0.15, 0.2) is 5.96 Å². The van der Waals surface area contributed by atoms with Gasteiger partial charge in [0.25, 0.3) is 0 Å². The number of aliphatic imine (C=N–C) groups is 1. The zero-order chi connectivity index (χ0) is 17.3. The van der Waals surface area contributed by atoms with Crippen LogP contribution in [0.15, 0.2) is 23.3 Å². The van der Waals surface area contributed by atoms with Crippen LogP contribution in [0, 0.1) is 0 Å². The van der Waals surface area contributed by atoms with E-state index in [0.29, 0.717) is 25.0 Å². The summed E-state index contributed by atoms with van der Waals surface area (Å²) in [6, 6.07) is 3.77. The Balaban J connectivity index is 0.00000529. The highest BCUT2D eigenvalue weighted by atomic mass is 127. The van der Waals surface area contributed by atoms with Crippen LogP contribution in [0.2, 0.25) is 0 Å². The molecule has 0 aliphatic rings. The molecule has 1 rings (SSSR count). The number of amides is 1. The van der Waals surface area contributed by atoms with E-state index in [1.807, 2.05) is 39.8 Å². The van der Waals surface area contributed by atoms with Crippen molar-refractivity contribution in [3.63, 3.8) is 0 Å². The summed E-state index contributed by atoms with van der Waals surface area (Å²) in [7, 11) is 1.66. The molecule has 0 aromatic carbocycles. The third kappa shape index (κ3) is 9.53. The normalized spacial score (nSPS) is 11.3. The SMILES string of the molecule is CCOc1cc(CNC(=NC)NCC(=O)NC(C)(C)C)ccn1.I. The molecule has 0 aliphatic carbocycles. The highest BCUT2D eigenvalue weighted by Gasteiger charge is 2.13.